The zero-order valence-electron chi connectivity index (χ0n) is 15.4. The van der Waals surface area contributed by atoms with E-state index in [4.69, 9.17) is 17.0 Å². The lowest BCUT2D eigenvalue weighted by Crippen LogP contribution is -2.37. The Balaban J connectivity index is 1.56. The molecule has 1 aliphatic heterocycles. The number of aryl methyl sites for hydroxylation is 1. The Morgan fingerprint density at radius 1 is 1.27 bits per heavy atom. The standard InChI is InChI=1S/C19H26N4OS2/c1-3-24-18-8-5-4-7-17(18)21-19(25)23-10-6-9-22(11-12-23)13-16-14-26-15(2)20-16/h4-5,7-8,14H,3,6,9-13H2,1-2H3,(H,21,25). The van der Waals surface area contributed by atoms with E-state index in [2.05, 4.69) is 32.4 Å². The molecule has 1 N–H and O–H groups in total. The zero-order valence-corrected chi connectivity index (χ0v) is 17.0. The number of ether oxygens (including phenoxy) is 1. The topological polar surface area (TPSA) is 40.6 Å². The number of thiazole rings is 1. The minimum absolute atomic E-state index is 0.639. The van der Waals surface area contributed by atoms with Crippen LogP contribution in [0.1, 0.15) is 24.0 Å². The van der Waals surface area contributed by atoms with Crippen molar-refractivity contribution in [3.05, 3.63) is 40.3 Å². The SMILES string of the molecule is CCOc1ccccc1NC(=S)N1CCCN(Cc2csc(C)n2)CC1. The molecule has 0 atom stereocenters. The maximum atomic E-state index is 5.68. The van der Waals surface area contributed by atoms with E-state index in [1.807, 2.05) is 31.2 Å². The van der Waals surface area contributed by atoms with E-state index in [0.29, 0.717) is 6.61 Å². The van der Waals surface area contributed by atoms with E-state index in [0.717, 1.165) is 60.7 Å². The summed E-state index contributed by atoms with van der Waals surface area (Å²) in [6.45, 7) is 9.56. The fraction of sp³-hybridized carbons (Fsp3) is 0.474. The number of thiocarbonyl (C=S) groups is 1. The lowest BCUT2D eigenvalue weighted by Gasteiger charge is -2.25. The normalized spacial score (nSPS) is 15.5. The summed E-state index contributed by atoms with van der Waals surface area (Å²) in [4.78, 5) is 9.30. The Morgan fingerprint density at radius 3 is 2.88 bits per heavy atom. The first-order chi connectivity index (χ1) is 12.7. The third-order valence-corrected chi connectivity index (χ3v) is 5.54. The quantitative estimate of drug-likeness (QED) is 0.784. The van der Waals surface area contributed by atoms with Crippen LogP contribution in [0.2, 0.25) is 0 Å². The Kier molecular flexibility index (Phi) is 6.82. The number of aromatic nitrogens is 1. The van der Waals surface area contributed by atoms with Crippen molar-refractivity contribution in [1.82, 2.24) is 14.8 Å². The molecule has 0 unspecified atom stereocenters. The molecule has 0 aliphatic carbocycles. The molecule has 0 bridgehead atoms. The van der Waals surface area contributed by atoms with Crippen molar-refractivity contribution >= 4 is 34.4 Å². The smallest absolute Gasteiger partial charge is 0.173 e. The monoisotopic (exact) mass is 390 g/mol. The molecule has 0 spiro atoms. The molecule has 2 aromatic rings. The molecule has 1 saturated heterocycles. The second kappa shape index (κ2) is 9.30. The summed E-state index contributed by atoms with van der Waals surface area (Å²) in [5.74, 6) is 0.840. The highest BCUT2D eigenvalue weighted by atomic mass is 32.1. The van der Waals surface area contributed by atoms with Gasteiger partial charge in [-0.1, -0.05) is 12.1 Å². The number of para-hydroxylation sites is 2. The first-order valence-corrected chi connectivity index (χ1v) is 10.4. The van der Waals surface area contributed by atoms with Gasteiger partial charge in [-0.05, 0) is 44.6 Å². The van der Waals surface area contributed by atoms with Gasteiger partial charge in [0.05, 0.1) is 23.0 Å². The van der Waals surface area contributed by atoms with Crippen molar-refractivity contribution in [1.29, 1.82) is 0 Å². The Labute approximate surface area is 165 Å². The Bertz CT molecular complexity index is 734. The summed E-state index contributed by atoms with van der Waals surface area (Å²) < 4.78 is 5.68. The minimum Gasteiger partial charge on any atom is -0.492 e. The molecule has 3 rings (SSSR count). The molecule has 0 radical (unpaired) electrons. The van der Waals surface area contributed by atoms with Crippen molar-refractivity contribution in [2.45, 2.75) is 26.8 Å². The van der Waals surface area contributed by atoms with Gasteiger partial charge in [0, 0.05) is 38.1 Å². The average Bonchev–Trinajstić information content (AvgIpc) is 2.89. The number of anilines is 1. The first kappa shape index (κ1) is 19.1. The van der Waals surface area contributed by atoms with Gasteiger partial charge in [-0.2, -0.15) is 0 Å². The second-order valence-electron chi connectivity index (χ2n) is 6.33. The highest BCUT2D eigenvalue weighted by Crippen LogP contribution is 2.24. The molecule has 140 valence electrons. The van der Waals surface area contributed by atoms with Crippen molar-refractivity contribution in [3.63, 3.8) is 0 Å². The van der Waals surface area contributed by atoms with Gasteiger partial charge < -0.3 is 15.0 Å². The Morgan fingerprint density at radius 2 is 2.12 bits per heavy atom. The number of nitrogens with zero attached hydrogens (tertiary/aromatic N) is 3. The molecule has 2 heterocycles. The van der Waals surface area contributed by atoms with Crippen molar-refractivity contribution in [3.8, 4) is 5.75 Å². The van der Waals surface area contributed by atoms with Crippen molar-refractivity contribution in [2.75, 3.05) is 38.1 Å². The van der Waals surface area contributed by atoms with E-state index in [1.165, 1.54) is 5.69 Å². The summed E-state index contributed by atoms with van der Waals surface area (Å²) in [6, 6.07) is 7.94. The van der Waals surface area contributed by atoms with Crippen LogP contribution in [0.25, 0.3) is 0 Å². The van der Waals surface area contributed by atoms with Gasteiger partial charge in [0.1, 0.15) is 5.75 Å². The number of rotatable bonds is 5. The molecule has 0 saturated carbocycles. The Hall–Kier alpha value is -1.70. The van der Waals surface area contributed by atoms with E-state index >= 15 is 0 Å². The predicted molar refractivity (Wildman–Crippen MR) is 112 cm³/mol. The summed E-state index contributed by atoms with van der Waals surface area (Å²) in [6.07, 6.45) is 1.10. The van der Waals surface area contributed by atoms with Gasteiger partial charge in [-0.15, -0.1) is 11.3 Å². The molecule has 26 heavy (non-hydrogen) atoms. The van der Waals surface area contributed by atoms with Crippen molar-refractivity contribution < 1.29 is 4.74 Å². The number of hydrogen-bond donors (Lipinski definition) is 1. The second-order valence-corrected chi connectivity index (χ2v) is 7.78. The fourth-order valence-electron chi connectivity index (χ4n) is 3.09. The van der Waals surface area contributed by atoms with Gasteiger partial charge in [0.25, 0.3) is 0 Å². The molecule has 1 aromatic carbocycles. The highest BCUT2D eigenvalue weighted by Gasteiger charge is 2.18. The molecular formula is C19H26N4OS2. The van der Waals surface area contributed by atoms with Gasteiger partial charge in [-0.25, -0.2) is 4.98 Å². The van der Waals surface area contributed by atoms with E-state index in [1.54, 1.807) is 11.3 Å². The molecule has 1 fully saturated rings. The average molecular weight is 391 g/mol. The predicted octanol–water partition coefficient (Wildman–Crippen LogP) is 3.75. The first-order valence-electron chi connectivity index (χ1n) is 9.07. The lowest BCUT2D eigenvalue weighted by molar-refractivity contribution is 0.275. The molecule has 1 aromatic heterocycles. The molecular weight excluding hydrogens is 364 g/mol. The van der Waals surface area contributed by atoms with Crippen molar-refractivity contribution in [2.24, 2.45) is 0 Å². The van der Waals surface area contributed by atoms with Crippen LogP contribution in [0.5, 0.6) is 5.75 Å². The molecule has 0 amide bonds. The third kappa shape index (κ3) is 5.16. The summed E-state index contributed by atoms with van der Waals surface area (Å²) in [5.41, 5.74) is 2.10. The molecule has 5 nitrogen and oxygen atoms in total. The summed E-state index contributed by atoms with van der Waals surface area (Å²) >= 11 is 7.38. The van der Waals surface area contributed by atoms with E-state index < -0.39 is 0 Å². The van der Waals surface area contributed by atoms with Gasteiger partial charge in [-0.3, -0.25) is 4.90 Å². The largest absolute Gasteiger partial charge is 0.492 e. The van der Waals surface area contributed by atoms with Crippen LogP contribution in [0.3, 0.4) is 0 Å². The molecule has 7 heteroatoms. The number of benzene rings is 1. The summed E-state index contributed by atoms with van der Waals surface area (Å²) in [5, 5.41) is 7.43. The zero-order chi connectivity index (χ0) is 18.4. The third-order valence-electron chi connectivity index (χ3n) is 4.36. The van der Waals surface area contributed by atoms with Crippen LogP contribution in [-0.4, -0.2) is 52.7 Å². The fourth-order valence-corrected chi connectivity index (χ4v) is 3.98. The highest BCUT2D eigenvalue weighted by molar-refractivity contribution is 7.80. The molecule has 1 aliphatic rings. The van der Waals surface area contributed by atoms with E-state index in [-0.39, 0.29) is 0 Å². The van der Waals surface area contributed by atoms with Gasteiger partial charge in [0.15, 0.2) is 5.11 Å². The lowest BCUT2D eigenvalue weighted by atomic mass is 10.3. The van der Waals surface area contributed by atoms with E-state index in [9.17, 15) is 0 Å². The van der Waals surface area contributed by atoms with Crippen LogP contribution in [-0.2, 0) is 6.54 Å². The maximum absolute atomic E-state index is 5.68. The van der Waals surface area contributed by atoms with Crippen LogP contribution < -0.4 is 10.1 Å². The number of hydrogen-bond acceptors (Lipinski definition) is 5. The van der Waals surface area contributed by atoms with Crippen LogP contribution >= 0.6 is 23.6 Å². The summed E-state index contributed by atoms with van der Waals surface area (Å²) in [7, 11) is 0. The number of nitrogens with one attached hydrogen (secondary N) is 1. The maximum Gasteiger partial charge on any atom is 0.173 e. The van der Waals surface area contributed by atoms with Crippen LogP contribution in [0.4, 0.5) is 5.69 Å². The van der Waals surface area contributed by atoms with Crippen LogP contribution in [0, 0.1) is 6.92 Å². The minimum atomic E-state index is 0.639. The van der Waals surface area contributed by atoms with Gasteiger partial charge >= 0.3 is 0 Å². The van der Waals surface area contributed by atoms with Crippen LogP contribution in [0.15, 0.2) is 29.6 Å². The van der Waals surface area contributed by atoms with Gasteiger partial charge in [0.2, 0.25) is 0 Å².